The van der Waals surface area contributed by atoms with Gasteiger partial charge in [-0.05, 0) is 33.2 Å². The van der Waals surface area contributed by atoms with Crippen molar-refractivity contribution in [3.8, 4) is 6.07 Å². The van der Waals surface area contributed by atoms with Gasteiger partial charge in [-0.15, -0.1) is 0 Å². The van der Waals surface area contributed by atoms with Crippen LogP contribution in [-0.2, 0) is 4.79 Å². The fraction of sp³-hybridized carbons (Fsp3) is 0.867. The molecule has 0 unspecified atom stereocenters. The van der Waals surface area contributed by atoms with Gasteiger partial charge < -0.3 is 10.4 Å². The Morgan fingerprint density at radius 1 is 1.40 bits per heavy atom. The zero-order valence-electron chi connectivity index (χ0n) is 12.9. The van der Waals surface area contributed by atoms with Gasteiger partial charge in [-0.1, -0.05) is 26.2 Å². The zero-order valence-corrected chi connectivity index (χ0v) is 12.9. The molecule has 114 valence electrons. The van der Waals surface area contributed by atoms with E-state index in [9.17, 15) is 15.2 Å². The van der Waals surface area contributed by atoms with E-state index in [0.717, 1.165) is 32.1 Å². The van der Waals surface area contributed by atoms with Crippen molar-refractivity contribution in [3.63, 3.8) is 0 Å². The molecule has 5 heteroatoms. The van der Waals surface area contributed by atoms with Crippen molar-refractivity contribution in [1.29, 1.82) is 5.26 Å². The highest BCUT2D eigenvalue weighted by Crippen LogP contribution is 2.27. The number of rotatable bonds is 6. The number of nitrogens with zero attached hydrogens (tertiary/aromatic N) is 2. The van der Waals surface area contributed by atoms with Crippen LogP contribution in [0.5, 0.6) is 0 Å². The van der Waals surface area contributed by atoms with Gasteiger partial charge in [0.05, 0.1) is 18.2 Å². The Hall–Kier alpha value is -1.12. The third kappa shape index (κ3) is 5.48. The number of hydrogen-bond acceptors (Lipinski definition) is 4. The number of likely N-dealkylation sites (N-methyl/N-ethyl adjacent to an activating group) is 1. The van der Waals surface area contributed by atoms with Gasteiger partial charge in [0, 0.05) is 6.54 Å². The number of carbonyl (C=O) groups is 1. The third-order valence-corrected chi connectivity index (χ3v) is 3.72. The first-order valence-electron chi connectivity index (χ1n) is 7.47. The normalized spacial score (nSPS) is 18.6. The van der Waals surface area contributed by atoms with Gasteiger partial charge in [-0.2, -0.15) is 5.26 Å². The van der Waals surface area contributed by atoms with E-state index in [1.807, 2.05) is 11.8 Å². The quantitative estimate of drug-likeness (QED) is 0.772. The highest BCUT2D eigenvalue weighted by Gasteiger charge is 2.34. The van der Waals surface area contributed by atoms with Crippen LogP contribution >= 0.6 is 0 Å². The Balaban J connectivity index is 2.55. The van der Waals surface area contributed by atoms with Crippen molar-refractivity contribution in [3.05, 3.63) is 0 Å². The lowest BCUT2D eigenvalue weighted by Crippen LogP contribution is -2.52. The van der Waals surface area contributed by atoms with Crippen LogP contribution in [0.15, 0.2) is 0 Å². The lowest BCUT2D eigenvalue weighted by Gasteiger charge is -2.33. The summed E-state index contributed by atoms with van der Waals surface area (Å²) < 4.78 is 0. The monoisotopic (exact) mass is 281 g/mol. The molecule has 1 fully saturated rings. The Morgan fingerprint density at radius 2 is 2.00 bits per heavy atom. The molecular weight excluding hydrogens is 254 g/mol. The van der Waals surface area contributed by atoms with E-state index in [-0.39, 0.29) is 12.5 Å². The fourth-order valence-electron chi connectivity index (χ4n) is 2.76. The molecule has 0 aromatic rings. The highest BCUT2D eigenvalue weighted by atomic mass is 16.3. The summed E-state index contributed by atoms with van der Waals surface area (Å²) in [6.07, 6.45) is 4.61. The molecule has 0 aromatic heterocycles. The number of nitrogens with one attached hydrogen (secondary N) is 1. The molecule has 1 amide bonds. The van der Waals surface area contributed by atoms with Crippen molar-refractivity contribution in [2.24, 2.45) is 0 Å². The Labute approximate surface area is 122 Å². The molecule has 1 aliphatic carbocycles. The largest absolute Gasteiger partial charge is 0.389 e. The maximum Gasteiger partial charge on any atom is 0.235 e. The predicted molar refractivity (Wildman–Crippen MR) is 78.0 cm³/mol. The van der Waals surface area contributed by atoms with E-state index in [0.29, 0.717) is 13.1 Å². The minimum absolute atomic E-state index is 0.125. The van der Waals surface area contributed by atoms with Crippen LogP contribution in [0.4, 0.5) is 0 Å². The fourth-order valence-corrected chi connectivity index (χ4v) is 2.76. The summed E-state index contributed by atoms with van der Waals surface area (Å²) in [6.45, 7) is 6.77. The van der Waals surface area contributed by atoms with Gasteiger partial charge in [0.25, 0.3) is 0 Å². The van der Waals surface area contributed by atoms with Gasteiger partial charge in [-0.3, -0.25) is 9.69 Å². The van der Waals surface area contributed by atoms with Crippen LogP contribution < -0.4 is 5.32 Å². The second kappa shape index (κ2) is 7.05. The molecule has 2 N–H and O–H groups in total. The van der Waals surface area contributed by atoms with Gasteiger partial charge in [0.15, 0.2) is 0 Å². The van der Waals surface area contributed by atoms with E-state index in [4.69, 9.17) is 0 Å². The van der Waals surface area contributed by atoms with E-state index >= 15 is 0 Å². The molecular formula is C15H27N3O2. The topological polar surface area (TPSA) is 76.4 Å². The van der Waals surface area contributed by atoms with Crippen LogP contribution in [0.1, 0.15) is 52.9 Å². The van der Waals surface area contributed by atoms with Gasteiger partial charge in [-0.25, -0.2) is 0 Å². The predicted octanol–water partition coefficient (Wildman–Crippen LogP) is 1.42. The maximum atomic E-state index is 12.1. The average molecular weight is 281 g/mol. The first-order chi connectivity index (χ1) is 9.30. The molecule has 0 saturated heterocycles. The highest BCUT2D eigenvalue weighted by molar-refractivity contribution is 5.79. The summed E-state index contributed by atoms with van der Waals surface area (Å²) in [4.78, 5) is 14.0. The molecule has 5 nitrogen and oxygen atoms in total. The molecule has 1 saturated carbocycles. The smallest absolute Gasteiger partial charge is 0.235 e. The molecule has 1 rings (SSSR count). The number of amides is 1. The number of nitriles is 1. The van der Waals surface area contributed by atoms with Crippen LogP contribution in [0, 0.1) is 11.3 Å². The second-order valence-corrected chi connectivity index (χ2v) is 6.42. The Kier molecular flexibility index (Phi) is 5.97. The van der Waals surface area contributed by atoms with Crippen molar-refractivity contribution < 1.29 is 9.90 Å². The average Bonchev–Trinajstić information content (AvgIpc) is 2.37. The van der Waals surface area contributed by atoms with Crippen molar-refractivity contribution >= 4 is 5.91 Å². The molecule has 0 aromatic carbocycles. The first kappa shape index (κ1) is 16.9. The third-order valence-electron chi connectivity index (χ3n) is 3.72. The maximum absolute atomic E-state index is 12.1. The van der Waals surface area contributed by atoms with E-state index in [1.165, 1.54) is 0 Å². The summed E-state index contributed by atoms with van der Waals surface area (Å²) in [5.41, 5.74) is -1.50. The first-order valence-corrected chi connectivity index (χ1v) is 7.47. The van der Waals surface area contributed by atoms with Crippen LogP contribution in [0.25, 0.3) is 0 Å². The van der Waals surface area contributed by atoms with Gasteiger partial charge in [0.2, 0.25) is 5.91 Å². The van der Waals surface area contributed by atoms with Crippen LogP contribution in [0.2, 0.25) is 0 Å². The van der Waals surface area contributed by atoms with E-state index < -0.39 is 11.1 Å². The van der Waals surface area contributed by atoms with Gasteiger partial charge in [0.1, 0.15) is 5.54 Å². The van der Waals surface area contributed by atoms with E-state index in [1.54, 1.807) is 13.8 Å². The minimum Gasteiger partial charge on any atom is -0.389 e. The Bertz CT molecular complexity index is 362. The summed E-state index contributed by atoms with van der Waals surface area (Å²) >= 11 is 0. The van der Waals surface area contributed by atoms with Crippen molar-refractivity contribution in [1.82, 2.24) is 10.2 Å². The zero-order chi connectivity index (χ0) is 15.2. The summed E-state index contributed by atoms with van der Waals surface area (Å²) in [7, 11) is 0. The number of aliphatic hydroxyl groups is 1. The van der Waals surface area contributed by atoms with Crippen molar-refractivity contribution in [2.45, 2.75) is 64.0 Å². The summed E-state index contributed by atoms with van der Waals surface area (Å²) in [6, 6.07) is 2.29. The van der Waals surface area contributed by atoms with Crippen LogP contribution in [0.3, 0.4) is 0 Å². The van der Waals surface area contributed by atoms with Crippen molar-refractivity contribution in [2.75, 3.05) is 19.6 Å². The summed E-state index contributed by atoms with van der Waals surface area (Å²) in [5, 5.41) is 22.1. The molecule has 0 spiro atoms. The molecule has 0 heterocycles. The number of carbonyl (C=O) groups excluding carboxylic acids is 1. The lowest BCUT2D eigenvalue weighted by atomic mass is 9.83. The van der Waals surface area contributed by atoms with E-state index in [2.05, 4.69) is 11.4 Å². The molecule has 20 heavy (non-hydrogen) atoms. The Morgan fingerprint density at radius 3 is 2.45 bits per heavy atom. The molecule has 0 atom stereocenters. The minimum atomic E-state index is -0.825. The standard InChI is InChI=1S/C15H27N3O2/c1-4-18(12-14(2,3)20)10-13(19)17-15(11-16)8-6-5-7-9-15/h20H,4-10,12H2,1-3H3,(H,17,19). The van der Waals surface area contributed by atoms with Gasteiger partial charge >= 0.3 is 0 Å². The number of hydrogen-bond donors (Lipinski definition) is 2. The summed E-state index contributed by atoms with van der Waals surface area (Å²) in [5.74, 6) is -0.125. The molecule has 0 radical (unpaired) electrons. The lowest BCUT2D eigenvalue weighted by molar-refractivity contribution is -0.124. The molecule has 0 bridgehead atoms. The second-order valence-electron chi connectivity index (χ2n) is 6.42. The molecule has 1 aliphatic rings. The SMILES string of the molecule is CCN(CC(=O)NC1(C#N)CCCCC1)CC(C)(C)O. The van der Waals surface area contributed by atoms with Crippen LogP contribution in [-0.4, -0.2) is 46.7 Å². The molecule has 0 aliphatic heterocycles.